The Kier molecular flexibility index (Phi) is 6.07. The molecule has 0 bridgehead atoms. The van der Waals surface area contributed by atoms with Gasteiger partial charge in [-0.2, -0.15) is 0 Å². The summed E-state index contributed by atoms with van der Waals surface area (Å²) in [7, 11) is 0. The molecule has 0 spiro atoms. The van der Waals surface area contributed by atoms with Crippen LogP contribution in [0, 0.1) is 5.92 Å². The number of aliphatic hydroxyl groups excluding tert-OH is 1. The number of morpholine rings is 1. The summed E-state index contributed by atoms with van der Waals surface area (Å²) in [5.74, 6) is 1.11. The van der Waals surface area contributed by atoms with Gasteiger partial charge in [0.15, 0.2) is 5.76 Å². The second-order valence-corrected chi connectivity index (χ2v) is 7.84. The van der Waals surface area contributed by atoms with Gasteiger partial charge in [-0.3, -0.25) is 9.69 Å². The predicted octanol–water partition coefficient (Wildman–Crippen LogP) is 0.484. The van der Waals surface area contributed by atoms with Gasteiger partial charge in [-0.05, 0) is 25.7 Å². The molecular weight excluding hydrogens is 350 g/mol. The highest BCUT2D eigenvalue weighted by molar-refractivity contribution is 5.80. The first-order valence-corrected chi connectivity index (χ1v) is 10.0. The third-order valence-electron chi connectivity index (χ3n) is 5.53. The summed E-state index contributed by atoms with van der Waals surface area (Å²) in [5.41, 5.74) is 0.875. The van der Waals surface area contributed by atoms with E-state index in [4.69, 9.17) is 14.0 Å². The van der Waals surface area contributed by atoms with Crippen LogP contribution in [0.5, 0.6) is 0 Å². The van der Waals surface area contributed by atoms with Crippen LogP contribution in [0.15, 0.2) is 10.6 Å². The number of hydrogen-bond acceptors (Lipinski definition) is 7. The molecule has 1 aromatic heterocycles. The van der Waals surface area contributed by atoms with E-state index in [0.29, 0.717) is 19.4 Å². The summed E-state index contributed by atoms with van der Waals surface area (Å²) in [6, 6.07) is 1.99. The summed E-state index contributed by atoms with van der Waals surface area (Å²) < 4.78 is 16.9. The van der Waals surface area contributed by atoms with E-state index in [1.165, 1.54) is 0 Å². The largest absolute Gasteiger partial charge is 0.390 e. The fourth-order valence-corrected chi connectivity index (χ4v) is 3.71. The highest BCUT2D eigenvalue weighted by atomic mass is 16.5. The van der Waals surface area contributed by atoms with E-state index in [9.17, 15) is 9.90 Å². The number of carbonyl (C=O) groups excluding carboxylic acids is 1. The molecular formula is C19H29N3O5. The highest BCUT2D eigenvalue weighted by Gasteiger charge is 2.33. The lowest BCUT2D eigenvalue weighted by atomic mass is 9.98. The molecule has 0 aromatic carbocycles. The molecule has 3 heterocycles. The van der Waals surface area contributed by atoms with Crippen LogP contribution in [0.4, 0.5) is 0 Å². The average Bonchev–Trinajstić information content (AvgIpc) is 3.44. The number of amides is 1. The van der Waals surface area contributed by atoms with Gasteiger partial charge in [-0.15, -0.1) is 0 Å². The molecule has 4 rings (SSSR count). The molecule has 3 atom stereocenters. The quantitative estimate of drug-likeness (QED) is 0.711. The van der Waals surface area contributed by atoms with Crippen LogP contribution in [0.3, 0.4) is 0 Å². The molecule has 1 saturated carbocycles. The first-order chi connectivity index (χ1) is 13.2. The zero-order valence-electron chi connectivity index (χ0n) is 15.6. The van der Waals surface area contributed by atoms with Crippen LogP contribution < -0.4 is 5.32 Å². The Hall–Kier alpha value is -1.48. The van der Waals surface area contributed by atoms with Gasteiger partial charge in [-0.25, -0.2) is 0 Å². The molecule has 8 heteroatoms. The highest BCUT2D eigenvalue weighted by Crippen LogP contribution is 2.29. The Labute approximate surface area is 159 Å². The molecule has 27 heavy (non-hydrogen) atoms. The van der Waals surface area contributed by atoms with Crippen LogP contribution in [0.2, 0.25) is 0 Å². The number of carbonyl (C=O) groups is 1. The molecule has 1 aliphatic carbocycles. The molecule has 150 valence electrons. The van der Waals surface area contributed by atoms with Gasteiger partial charge >= 0.3 is 0 Å². The molecule has 1 aromatic rings. The third kappa shape index (κ3) is 5.28. The van der Waals surface area contributed by atoms with Crippen molar-refractivity contribution in [2.45, 2.75) is 57.0 Å². The number of aromatic nitrogens is 1. The van der Waals surface area contributed by atoms with Crippen molar-refractivity contribution in [3.63, 3.8) is 0 Å². The van der Waals surface area contributed by atoms with Gasteiger partial charge in [0.25, 0.3) is 0 Å². The number of ether oxygens (including phenoxy) is 2. The third-order valence-corrected chi connectivity index (χ3v) is 5.53. The molecule has 8 nitrogen and oxygen atoms in total. The Morgan fingerprint density at radius 1 is 1.26 bits per heavy atom. The smallest absolute Gasteiger partial charge is 0.223 e. The van der Waals surface area contributed by atoms with Gasteiger partial charge < -0.3 is 24.4 Å². The lowest BCUT2D eigenvalue weighted by molar-refractivity contribution is -0.130. The van der Waals surface area contributed by atoms with Crippen molar-refractivity contribution in [1.29, 1.82) is 0 Å². The summed E-state index contributed by atoms with van der Waals surface area (Å²) >= 11 is 0. The molecule has 2 N–H and O–H groups in total. The summed E-state index contributed by atoms with van der Waals surface area (Å²) in [6.07, 6.45) is 3.15. The number of hydrogen-bond donors (Lipinski definition) is 2. The van der Waals surface area contributed by atoms with Crippen molar-refractivity contribution in [1.82, 2.24) is 15.4 Å². The zero-order chi connectivity index (χ0) is 18.6. The molecule has 0 radical (unpaired) electrons. The second-order valence-electron chi connectivity index (χ2n) is 7.84. The average molecular weight is 379 g/mol. The Morgan fingerprint density at radius 3 is 2.85 bits per heavy atom. The van der Waals surface area contributed by atoms with Crippen molar-refractivity contribution in [2.24, 2.45) is 5.92 Å². The predicted molar refractivity (Wildman–Crippen MR) is 95.9 cm³/mol. The second kappa shape index (κ2) is 8.68. The number of rotatable bonds is 7. The molecule has 3 aliphatic rings. The van der Waals surface area contributed by atoms with Crippen molar-refractivity contribution >= 4 is 5.91 Å². The van der Waals surface area contributed by atoms with Gasteiger partial charge in [-0.1, -0.05) is 5.16 Å². The van der Waals surface area contributed by atoms with Gasteiger partial charge in [0.1, 0.15) is 6.10 Å². The number of nitrogens with zero attached hydrogens (tertiary/aromatic N) is 2. The Morgan fingerprint density at radius 2 is 2.07 bits per heavy atom. The maximum atomic E-state index is 11.8. The SMILES string of the molecule is O=C(NC[C@H]1O[C@H](Cc2cc(CN3CCOCC3)on2)CC[C@@H]1O)C1CC1. The number of nitrogens with one attached hydrogen (secondary N) is 1. The number of aliphatic hydroxyl groups is 1. The maximum absolute atomic E-state index is 11.8. The lowest BCUT2D eigenvalue weighted by Gasteiger charge is -2.33. The van der Waals surface area contributed by atoms with E-state index in [2.05, 4.69) is 15.4 Å². The van der Waals surface area contributed by atoms with Gasteiger partial charge in [0, 0.05) is 38.0 Å². The summed E-state index contributed by atoms with van der Waals surface area (Å²) in [4.78, 5) is 14.1. The van der Waals surface area contributed by atoms with Gasteiger partial charge in [0.2, 0.25) is 5.91 Å². The van der Waals surface area contributed by atoms with Crippen LogP contribution in [-0.4, -0.2) is 72.2 Å². The minimum absolute atomic E-state index is 0.0161. The fraction of sp³-hybridized carbons (Fsp3) is 0.789. The first-order valence-electron chi connectivity index (χ1n) is 10.0. The van der Waals surface area contributed by atoms with E-state index in [-0.39, 0.29) is 24.0 Å². The van der Waals surface area contributed by atoms with Gasteiger partial charge in [0.05, 0.1) is 37.7 Å². The molecule has 2 aliphatic heterocycles. The maximum Gasteiger partial charge on any atom is 0.223 e. The van der Waals surface area contributed by atoms with Crippen LogP contribution >= 0.6 is 0 Å². The Balaban J connectivity index is 1.25. The van der Waals surface area contributed by atoms with E-state index in [1.807, 2.05) is 6.07 Å². The molecule has 0 unspecified atom stereocenters. The minimum atomic E-state index is -0.532. The zero-order valence-corrected chi connectivity index (χ0v) is 15.6. The van der Waals surface area contributed by atoms with E-state index in [0.717, 1.165) is 63.6 Å². The van der Waals surface area contributed by atoms with Crippen molar-refractivity contribution in [3.8, 4) is 0 Å². The summed E-state index contributed by atoms with van der Waals surface area (Å²) in [6.45, 7) is 4.46. The fourth-order valence-electron chi connectivity index (χ4n) is 3.71. The van der Waals surface area contributed by atoms with E-state index < -0.39 is 6.10 Å². The standard InChI is InChI=1S/C19H29N3O5/c23-17-4-3-15(26-18(17)11-20-19(24)13-1-2-13)9-14-10-16(27-21-14)12-22-5-7-25-8-6-22/h10,13,15,17-18,23H,1-9,11-12H2,(H,20,24)/t15-,17-,18+/m0/s1. The summed E-state index contributed by atoms with van der Waals surface area (Å²) in [5, 5.41) is 17.3. The van der Waals surface area contributed by atoms with Crippen molar-refractivity contribution in [2.75, 3.05) is 32.8 Å². The van der Waals surface area contributed by atoms with Crippen LogP contribution in [-0.2, 0) is 27.2 Å². The van der Waals surface area contributed by atoms with Crippen molar-refractivity contribution < 1.29 is 23.9 Å². The Bertz CT molecular complexity index is 627. The van der Waals surface area contributed by atoms with Crippen LogP contribution in [0.25, 0.3) is 0 Å². The monoisotopic (exact) mass is 379 g/mol. The van der Waals surface area contributed by atoms with E-state index >= 15 is 0 Å². The lowest BCUT2D eigenvalue weighted by Crippen LogP contribution is -2.46. The molecule has 2 saturated heterocycles. The van der Waals surface area contributed by atoms with Crippen LogP contribution in [0.1, 0.15) is 37.1 Å². The minimum Gasteiger partial charge on any atom is -0.390 e. The topological polar surface area (TPSA) is 97.1 Å². The van der Waals surface area contributed by atoms with E-state index in [1.54, 1.807) is 0 Å². The normalized spacial score (nSPS) is 29.6. The molecule has 3 fully saturated rings. The van der Waals surface area contributed by atoms with Crippen molar-refractivity contribution in [3.05, 3.63) is 17.5 Å². The molecule has 1 amide bonds. The first kappa shape index (κ1) is 18.9.